The van der Waals surface area contributed by atoms with Crippen LogP contribution in [0.15, 0.2) is 30.3 Å². The van der Waals surface area contributed by atoms with E-state index >= 15 is 0 Å². The smallest absolute Gasteiger partial charge is 0.390 e. The molecule has 0 aromatic heterocycles. The molecule has 0 saturated carbocycles. The van der Waals surface area contributed by atoms with Gasteiger partial charge in [0.15, 0.2) is 11.6 Å². The summed E-state index contributed by atoms with van der Waals surface area (Å²) in [7, 11) is 0. The Morgan fingerprint density at radius 3 is 2.38 bits per heavy atom. The predicted octanol–water partition coefficient (Wildman–Crippen LogP) is 5.68. The van der Waals surface area contributed by atoms with E-state index in [1.807, 2.05) is 4.90 Å². The van der Waals surface area contributed by atoms with E-state index in [1.54, 1.807) is 11.0 Å². The van der Waals surface area contributed by atoms with E-state index in [0.29, 0.717) is 68.4 Å². The molecule has 0 atom stereocenters. The summed E-state index contributed by atoms with van der Waals surface area (Å²) in [4.78, 5) is 27.0. The first-order valence-corrected chi connectivity index (χ1v) is 13.4. The number of nitrogens with one attached hydrogen (secondary N) is 2. The average molecular weight is 591 g/mol. The number of rotatable bonds is 13. The molecule has 7 nitrogen and oxygen atoms in total. The second kappa shape index (κ2) is 14.6. The topological polar surface area (TPSA) is 84.9 Å². The molecule has 1 heterocycles. The normalized spacial score (nSPS) is 14.4. The van der Waals surface area contributed by atoms with Gasteiger partial charge in [0.25, 0.3) is 5.91 Å². The molecule has 0 aliphatic carbocycles. The highest BCUT2D eigenvalue weighted by Gasteiger charge is 2.29. The molecule has 0 bridgehead atoms. The Balaban J connectivity index is 1.60. The van der Waals surface area contributed by atoms with E-state index in [4.69, 9.17) is 16.7 Å². The van der Waals surface area contributed by atoms with E-state index in [2.05, 4.69) is 10.6 Å². The number of carboxylic acid groups (broad SMARTS) is 1. The van der Waals surface area contributed by atoms with E-state index in [9.17, 15) is 31.5 Å². The molecule has 0 spiro atoms. The van der Waals surface area contributed by atoms with Crippen LogP contribution in [0.1, 0.15) is 48.0 Å². The maximum absolute atomic E-state index is 14.8. The number of hydrogen-bond acceptors (Lipinski definition) is 5. The highest BCUT2D eigenvalue weighted by molar-refractivity contribution is 6.31. The number of halogens is 6. The third-order valence-corrected chi connectivity index (χ3v) is 6.83. The van der Waals surface area contributed by atoms with Crippen LogP contribution in [-0.4, -0.2) is 67.3 Å². The van der Waals surface area contributed by atoms with Gasteiger partial charge < -0.3 is 20.6 Å². The second-order valence-electron chi connectivity index (χ2n) is 9.59. The van der Waals surface area contributed by atoms with Gasteiger partial charge in [-0.3, -0.25) is 14.5 Å². The minimum absolute atomic E-state index is 0.0415. The van der Waals surface area contributed by atoms with Crippen LogP contribution in [0.3, 0.4) is 0 Å². The number of nitrogens with zero attached hydrogens (tertiary/aromatic N) is 2. The molecule has 1 saturated heterocycles. The first-order chi connectivity index (χ1) is 18.9. The van der Waals surface area contributed by atoms with Crippen molar-refractivity contribution in [3.63, 3.8) is 0 Å². The molecular weight excluding hydrogens is 559 g/mol. The van der Waals surface area contributed by atoms with E-state index in [1.165, 1.54) is 24.3 Å². The van der Waals surface area contributed by atoms with Crippen LogP contribution in [0, 0.1) is 11.6 Å². The number of piperazine rings is 1. The highest BCUT2D eigenvalue weighted by atomic mass is 35.5. The second-order valence-corrected chi connectivity index (χ2v) is 10.0. The maximum Gasteiger partial charge on any atom is 0.390 e. The van der Waals surface area contributed by atoms with Crippen molar-refractivity contribution in [1.82, 2.24) is 10.2 Å². The summed E-state index contributed by atoms with van der Waals surface area (Å²) in [6.45, 7) is 2.00. The predicted molar refractivity (Wildman–Crippen MR) is 143 cm³/mol. The fraction of sp³-hybridized carbons (Fsp3) is 0.481. The lowest BCUT2D eigenvalue weighted by Crippen LogP contribution is -2.47. The molecule has 220 valence electrons. The van der Waals surface area contributed by atoms with Gasteiger partial charge in [0, 0.05) is 56.3 Å². The molecule has 1 aliphatic rings. The van der Waals surface area contributed by atoms with Crippen LogP contribution in [0.2, 0.25) is 5.02 Å². The molecule has 40 heavy (non-hydrogen) atoms. The molecule has 1 aliphatic heterocycles. The Morgan fingerprint density at radius 1 is 0.975 bits per heavy atom. The van der Waals surface area contributed by atoms with E-state index in [-0.39, 0.29) is 25.1 Å². The van der Waals surface area contributed by atoms with Crippen molar-refractivity contribution < 1.29 is 36.6 Å². The number of alkyl halides is 3. The number of anilines is 2. The van der Waals surface area contributed by atoms with Gasteiger partial charge in [-0.1, -0.05) is 24.1 Å². The van der Waals surface area contributed by atoms with Gasteiger partial charge in [0.1, 0.15) is 0 Å². The molecule has 13 heteroatoms. The van der Waals surface area contributed by atoms with Crippen molar-refractivity contribution >= 4 is 34.9 Å². The number of unbranched alkanes of at least 4 members (excludes halogenated alkanes) is 2. The number of benzene rings is 2. The van der Waals surface area contributed by atoms with Gasteiger partial charge in [-0.15, -0.1) is 0 Å². The van der Waals surface area contributed by atoms with Crippen molar-refractivity contribution in [1.29, 1.82) is 0 Å². The van der Waals surface area contributed by atoms with E-state index in [0.717, 1.165) is 0 Å². The van der Waals surface area contributed by atoms with Crippen LogP contribution >= 0.6 is 11.6 Å². The number of aliphatic carboxylic acids is 1. The fourth-order valence-corrected chi connectivity index (χ4v) is 4.55. The van der Waals surface area contributed by atoms with Gasteiger partial charge in [0.2, 0.25) is 0 Å². The van der Waals surface area contributed by atoms with Gasteiger partial charge in [-0.25, -0.2) is 8.78 Å². The van der Waals surface area contributed by atoms with Crippen LogP contribution in [0.5, 0.6) is 0 Å². The molecule has 1 fully saturated rings. The largest absolute Gasteiger partial charge is 0.481 e. The number of carboxylic acids is 1. The number of carbonyl (C=O) groups is 2. The SMILES string of the molecule is O=C(O)CCCCCNCc1ccc(C(=O)Nc2ccc(Cl)cc2N2CCN(CCC(F)(F)F)CC2)c(F)c1F. The van der Waals surface area contributed by atoms with Crippen molar-refractivity contribution in [2.45, 2.75) is 44.8 Å². The van der Waals surface area contributed by atoms with E-state index < -0.39 is 41.7 Å². The lowest BCUT2D eigenvalue weighted by atomic mass is 10.1. The van der Waals surface area contributed by atoms with Crippen LogP contribution in [0.25, 0.3) is 0 Å². The van der Waals surface area contributed by atoms with Crippen molar-refractivity contribution in [2.24, 2.45) is 0 Å². The minimum Gasteiger partial charge on any atom is -0.481 e. The van der Waals surface area contributed by atoms with Crippen LogP contribution < -0.4 is 15.5 Å². The molecular formula is C27H32ClF5N4O3. The zero-order valence-electron chi connectivity index (χ0n) is 21.8. The van der Waals surface area contributed by atoms with Gasteiger partial charge in [-0.2, -0.15) is 13.2 Å². The van der Waals surface area contributed by atoms with Gasteiger partial charge >= 0.3 is 12.1 Å². The Bertz CT molecular complexity index is 1170. The lowest BCUT2D eigenvalue weighted by molar-refractivity contribution is -0.138. The van der Waals surface area contributed by atoms with Gasteiger partial charge in [0.05, 0.1) is 23.4 Å². The van der Waals surface area contributed by atoms with Crippen molar-refractivity contribution in [3.8, 4) is 0 Å². The quantitative estimate of drug-likeness (QED) is 0.206. The van der Waals surface area contributed by atoms with Crippen molar-refractivity contribution in [2.75, 3.05) is 49.5 Å². The Labute approximate surface area is 234 Å². The zero-order valence-corrected chi connectivity index (χ0v) is 22.6. The van der Waals surface area contributed by atoms with Gasteiger partial charge in [-0.05, 0) is 43.7 Å². The lowest BCUT2D eigenvalue weighted by Gasteiger charge is -2.37. The first kappa shape index (κ1) is 31.6. The third kappa shape index (κ3) is 9.60. The molecule has 3 rings (SSSR count). The standard InChI is InChI=1S/C27H32ClF5N4O3/c28-19-6-8-21(22(16-19)37-14-12-36(13-15-37)11-9-27(31,32)33)35-26(40)20-7-5-18(24(29)25(20)30)17-34-10-3-1-2-4-23(38)39/h5-8,16,34H,1-4,9-15,17H2,(H,35,40)(H,38,39). The molecule has 0 unspecified atom stereocenters. The molecule has 2 aromatic carbocycles. The first-order valence-electron chi connectivity index (χ1n) is 13.0. The number of carbonyl (C=O) groups excluding carboxylic acids is 1. The molecule has 1 amide bonds. The summed E-state index contributed by atoms with van der Waals surface area (Å²) < 4.78 is 67.2. The average Bonchev–Trinajstić information content (AvgIpc) is 2.90. The molecule has 2 aromatic rings. The highest BCUT2D eigenvalue weighted by Crippen LogP contribution is 2.31. The maximum atomic E-state index is 14.8. The summed E-state index contributed by atoms with van der Waals surface area (Å²) in [5.41, 5.74) is 0.413. The van der Waals surface area contributed by atoms with Crippen LogP contribution in [-0.2, 0) is 11.3 Å². The Hall–Kier alpha value is -2.96. The summed E-state index contributed by atoms with van der Waals surface area (Å²) in [5.74, 6) is -4.14. The van der Waals surface area contributed by atoms with Crippen molar-refractivity contribution in [3.05, 3.63) is 58.1 Å². The summed E-state index contributed by atoms with van der Waals surface area (Å²) in [6.07, 6.45) is -3.12. The minimum atomic E-state index is -4.23. The monoisotopic (exact) mass is 590 g/mol. The zero-order chi connectivity index (χ0) is 29.3. The number of hydrogen-bond donors (Lipinski definition) is 3. The van der Waals surface area contributed by atoms with Crippen LogP contribution in [0.4, 0.5) is 33.3 Å². The summed E-state index contributed by atoms with van der Waals surface area (Å²) in [5, 5.41) is 14.6. The molecule has 3 N–H and O–H groups in total. The number of amides is 1. The molecule has 0 radical (unpaired) electrons. The summed E-state index contributed by atoms with van der Waals surface area (Å²) in [6, 6.07) is 7.21. The Morgan fingerprint density at radius 2 is 1.70 bits per heavy atom. The Kier molecular flexibility index (Phi) is 11.5. The summed E-state index contributed by atoms with van der Waals surface area (Å²) >= 11 is 6.16. The fourth-order valence-electron chi connectivity index (χ4n) is 4.39. The third-order valence-electron chi connectivity index (χ3n) is 6.60.